The molecule has 0 atom stereocenters. The maximum absolute atomic E-state index is 12.2. The predicted octanol–water partition coefficient (Wildman–Crippen LogP) is 3.64. The summed E-state index contributed by atoms with van der Waals surface area (Å²) in [5, 5.41) is 4.78. The van der Waals surface area contributed by atoms with Crippen molar-refractivity contribution in [2.45, 2.75) is 20.2 Å². The molecular formula is C14H13F3N4O2. The maximum atomic E-state index is 12.2. The molecule has 0 spiro atoms. The Kier molecular flexibility index (Phi) is 4.68. The molecule has 6 nitrogen and oxygen atoms in total. The molecule has 1 aromatic heterocycles. The number of hydrogen-bond donors (Lipinski definition) is 2. The van der Waals surface area contributed by atoms with Crippen LogP contribution in [0.25, 0.3) is 0 Å². The van der Waals surface area contributed by atoms with Gasteiger partial charge in [0.25, 0.3) is 0 Å². The van der Waals surface area contributed by atoms with Gasteiger partial charge in [-0.1, -0.05) is 6.07 Å². The van der Waals surface area contributed by atoms with Gasteiger partial charge in [0.15, 0.2) is 0 Å². The number of aryl methyl sites for hydroxylation is 2. The summed E-state index contributed by atoms with van der Waals surface area (Å²) in [6.45, 7) is 3.49. The van der Waals surface area contributed by atoms with Crippen LogP contribution < -0.4 is 15.4 Å². The SMILES string of the molecule is Cc1cc(C)nc(NC(=O)Nc2cccc(OC(F)(F)F)c2)n1. The van der Waals surface area contributed by atoms with Gasteiger partial charge in [0.2, 0.25) is 5.95 Å². The number of carbonyl (C=O) groups is 1. The zero-order valence-corrected chi connectivity index (χ0v) is 12.2. The summed E-state index contributed by atoms with van der Waals surface area (Å²) < 4.78 is 40.3. The van der Waals surface area contributed by atoms with Crippen molar-refractivity contribution in [2.24, 2.45) is 0 Å². The molecule has 1 aromatic carbocycles. The number of nitrogens with zero attached hydrogens (tertiary/aromatic N) is 2. The van der Waals surface area contributed by atoms with Gasteiger partial charge in [-0.05, 0) is 32.0 Å². The highest BCUT2D eigenvalue weighted by Crippen LogP contribution is 2.25. The number of alkyl halides is 3. The Morgan fingerprint density at radius 3 is 2.35 bits per heavy atom. The largest absolute Gasteiger partial charge is 0.573 e. The lowest BCUT2D eigenvalue weighted by Crippen LogP contribution is -2.21. The van der Waals surface area contributed by atoms with Crippen molar-refractivity contribution in [1.82, 2.24) is 9.97 Å². The third-order valence-electron chi connectivity index (χ3n) is 2.53. The van der Waals surface area contributed by atoms with E-state index in [-0.39, 0.29) is 11.6 Å². The van der Waals surface area contributed by atoms with Crippen LogP contribution in [0.1, 0.15) is 11.4 Å². The van der Waals surface area contributed by atoms with Crippen molar-refractivity contribution in [3.05, 3.63) is 41.7 Å². The van der Waals surface area contributed by atoms with Gasteiger partial charge in [-0.15, -0.1) is 13.2 Å². The molecule has 0 bridgehead atoms. The third kappa shape index (κ3) is 5.46. The molecular weight excluding hydrogens is 313 g/mol. The first-order valence-electron chi connectivity index (χ1n) is 6.47. The average Bonchev–Trinajstić information content (AvgIpc) is 2.35. The number of anilines is 2. The summed E-state index contributed by atoms with van der Waals surface area (Å²) in [5.41, 5.74) is 1.48. The molecule has 1 heterocycles. The normalized spacial score (nSPS) is 11.0. The second-order valence-corrected chi connectivity index (χ2v) is 4.63. The molecule has 0 unspecified atom stereocenters. The van der Waals surface area contributed by atoms with E-state index in [1.54, 1.807) is 19.9 Å². The van der Waals surface area contributed by atoms with Crippen molar-refractivity contribution >= 4 is 17.7 Å². The highest BCUT2D eigenvalue weighted by Gasteiger charge is 2.31. The lowest BCUT2D eigenvalue weighted by molar-refractivity contribution is -0.274. The van der Waals surface area contributed by atoms with Gasteiger partial charge >= 0.3 is 12.4 Å². The van der Waals surface area contributed by atoms with E-state index in [4.69, 9.17) is 0 Å². The minimum atomic E-state index is -4.80. The molecule has 0 aliphatic carbocycles. The number of urea groups is 1. The van der Waals surface area contributed by atoms with E-state index in [1.807, 2.05) is 0 Å². The van der Waals surface area contributed by atoms with Gasteiger partial charge in [0, 0.05) is 23.1 Å². The molecule has 9 heteroatoms. The van der Waals surface area contributed by atoms with E-state index in [0.29, 0.717) is 11.4 Å². The topological polar surface area (TPSA) is 76.1 Å². The van der Waals surface area contributed by atoms with Gasteiger partial charge in [0.05, 0.1) is 0 Å². The number of ether oxygens (including phenoxy) is 1. The standard InChI is InChI=1S/C14H13F3N4O2/c1-8-6-9(2)19-12(18-8)21-13(22)20-10-4-3-5-11(7-10)23-14(15,16)17/h3-7H,1-2H3,(H2,18,19,20,21,22). The summed E-state index contributed by atoms with van der Waals surface area (Å²) in [5.74, 6) is -0.333. The molecule has 0 fully saturated rings. The Morgan fingerprint density at radius 2 is 1.74 bits per heavy atom. The highest BCUT2D eigenvalue weighted by atomic mass is 19.4. The summed E-state index contributed by atoms with van der Waals surface area (Å²) >= 11 is 0. The number of halogens is 3. The van der Waals surface area contributed by atoms with E-state index >= 15 is 0 Å². The molecule has 0 aliphatic rings. The number of carbonyl (C=O) groups excluding carboxylic acids is 1. The Bertz CT molecular complexity index is 699. The number of nitrogens with one attached hydrogen (secondary N) is 2. The lowest BCUT2D eigenvalue weighted by Gasteiger charge is -2.11. The molecule has 122 valence electrons. The van der Waals surface area contributed by atoms with Crippen LogP contribution in [0, 0.1) is 13.8 Å². The number of benzene rings is 1. The van der Waals surface area contributed by atoms with Crippen LogP contribution in [0.4, 0.5) is 29.6 Å². The minimum absolute atomic E-state index is 0.0997. The highest BCUT2D eigenvalue weighted by molar-refractivity contribution is 5.98. The molecule has 2 aromatic rings. The third-order valence-corrected chi connectivity index (χ3v) is 2.53. The van der Waals surface area contributed by atoms with Crippen molar-refractivity contribution in [2.75, 3.05) is 10.6 Å². The maximum Gasteiger partial charge on any atom is 0.573 e. The minimum Gasteiger partial charge on any atom is -0.406 e. The van der Waals surface area contributed by atoms with Crippen molar-refractivity contribution in [3.63, 3.8) is 0 Å². The number of amides is 2. The molecule has 2 amide bonds. The zero-order chi connectivity index (χ0) is 17.0. The molecule has 2 N–H and O–H groups in total. The van der Waals surface area contributed by atoms with Gasteiger partial charge in [-0.25, -0.2) is 14.8 Å². The smallest absolute Gasteiger partial charge is 0.406 e. The monoisotopic (exact) mass is 326 g/mol. The van der Waals surface area contributed by atoms with Gasteiger partial charge < -0.3 is 10.1 Å². The fourth-order valence-corrected chi connectivity index (χ4v) is 1.82. The Hall–Kier alpha value is -2.84. The van der Waals surface area contributed by atoms with Gasteiger partial charge in [-0.3, -0.25) is 5.32 Å². The summed E-state index contributed by atoms with van der Waals surface area (Å²) in [4.78, 5) is 19.9. The number of rotatable bonds is 3. The molecule has 0 saturated heterocycles. The van der Waals surface area contributed by atoms with Crippen LogP contribution in [0.3, 0.4) is 0 Å². The van der Waals surface area contributed by atoms with E-state index in [1.165, 1.54) is 12.1 Å². The van der Waals surface area contributed by atoms with Crippen molar-refractivity contribution in [3.8, 4) is 5.75 Å². The molecule has 2 rings (SSSR count). The fraction of sp³-hybridized carbons (Fsp3) is 0.214. The molecule has 23 heavy (non-hydrogen) atoms. The van der Waals surface area contributed by atoms with Crippen LogP contribution in [-0.4, -0.2) is 22.4 Å². The summed E-state index contributed by atoms with van der Waals surface area (Å²) in [6.07, 6.45) is -4.80. The second-order valence-electron chi connectivity index (χ2n) is 4.63. The lowest BCUT2D eigenvalue weighted by atomic mass is 10.3. The van der Waals surface area contributed by atoms with Gasteiger partial charge in [-0.2, -0.15) is 0 Å². The van der Waals surface area contributed by atoms with Crippen molar-refractivity contribution in [1.29, 1.82) is 0 Å². The van der Waals surface area contributed by atoms with E-state index in [2.05, 4.69) is 25.3 Å². The van der Waals surface area contributed by atoms with E-state index in [9.17, 15) is 18.0 Å². The Balaban J connectivity index is 2.04. The van der Waals surface area contributed by atoms with E-state index in [0.717, 1.165) is 12.1 Å². The Labute approximate surface area is 129 Å². The van der Waals surface area contributed by atoms with Crippen LogP contribution in [0.15, 0.2) is 30.3 Å². The molecule has 0 aliphatic heterocycles. The second kappa shape index (κ2) is 6.51. The van der Waals surface area contributed by atoms with Crippen molar-refractivity contribution < 1.29 is 22.7 Å². The first kappa shape index (κ1) is 16.5. The average molecular weight is 326 g/mol. The fourth-order valence-electron chi connectivity index (χ4n) is 1.82. The first-order valence-corrected chi connectivity index (χ1v) is 6.47. The molecule has 0 radical (unpaired) electrons. The number of aromatic nitrogens is 2. The summed E-state index contributed by atoms with van der Waals surface area (Å²) in [7, 11) is 0. The van der Waals surface area contributed by atoms with Crippen LogP contribution in [0.2, 0.25) is 0 Å². The predicted molar refractivity (Wildman–Crippen MR) is 77.3 cm³/mol. The molecule has 0 saturated carbocycles. The van der Waals surface area contributed by atoms with Gasteiger partial charge in [0.1, 0.15) is 5.75 Å². The Morgan fingerprint density at radius 1 is 1.09 bits per heavy atom. The van der Waals surface area contributed by atoms with Crippen LogP contribution in [-0.2, 0) is 0 Å². The summed E-state index contributed by atoms with van der Waals surface area (Å²) in [6, 6.07) is 5.98. The van der Waals surface area contributed by atoms with Crippen LogP contribution in [0.5, 0.6) is 5.75 Å². The zero-order valence-electron chi connectivity index (χ0n) is 12.2. The van der Waals surface area contributed by atoms with Crippen LogP contribution >= 0.6 is 0 Å². The quantitative estimate of drug-likeness (QED) is 0.903. The first-order chi connectivity index (χ1) is 10.7. The number of hydrogen-bond acceptors (Lipinski definition) is 4. The van der Waals surface area contributed by atoms with E-state index < -0.39 is 18.1 Å².